The van der Waals surface area contributed by atoms with E-state index in [4.69, 9.17) is 16.3 Å². The summed E-state index contributed by atoms with van der Waals surface area (Å²) in [5, 5.41) is 3.18. The fourth-order valence-electron chi connectivity index (χ4n) is 2.08. The number of rotatable bonds is 5. The molecule has 0 spiro atoms. The van der Waals surface area contributed by atoms with Crippen LogP contribution in [-0.4, -0.2) is 21.9 Å². The Labute approximate surface area is 140 Å². The van der Waals surface area contributed by atoms with Gasteiger partial charge in [-0.25, -0.2) is 13.8 Å². The van der Waals surface area contributed by atoms with Gasteiger partial charge in [-0.05, 0) is 24.3 Å². The lowest BCUT2D eigenvalue weighted by Crippen LogP contribution is -2.28. The van der Waals surface area contributed by atoms with Crippen molar-refractivity contribution in [3.05, 3.63) is 65.1 Å². The number of carbonyl (C=O) groups excluding carboxylic acids is 1. The van der Waals surface area contributed by atoms with E-state index in [0.717, 1.165) is 12.1 Å². The third kappa shape index (κ3) is 3.80. The third-order valence-electron chi connectivity index (χ3n) is 3.18. The van der Waals surface area contributed by atoms with E-state index in [-0.39, 0.29) is 18.9 Å². The molecule has 0 aliphatic carbocycles. The van der Waals surface area contributed by atoms with Crippen molar-refractivity contribution in [2.24, 2.45) is 0 Å². The Balaban J connectivity index is 1.54. The molecule has 3 rings (SSSR count). The van der Waals surface area contributed by atoms with E-state index in [9.17, 15) is 13.6 Å². The molecule has 0 saturated heterocycles. The molecule has 0 radical (unpaired) electrons. The van der Waals surface area contributed by atoms with E-state index in [1.165, 1.54) is 0 Å². The van der Waals surface area contributed by atoms with Crippen molar-refractivity contribution in [3.63, 3.8) is 0 Å². The van der Waals surface area contributed by atoms with Crippen molar-refractivity contribution in [2.45, 2.75) is 6.54 Å². The number of aromatic nitrogens is 2. The van der Waals surface area contributed by atoms with Gasteiger partial charge in [0.05, 0.1) is 17.3 Å². The number of carbonyl (C=O) groups is 1. The van der Waals surface area contributed by atoms with Crippen LogP contribution in [0.3, 0.4) is 0 Å². The Hall–Kier alpha value is -2.67. The molecule has 0 saturated carbocycles. The minimum atomic E-state index is -0.861. The summed E-state index contributed by atoms with van der Waals surface area (Å²) >= 11 is 5.89. The molecule has 124 valence electrons. The number of benzene rings is 1. The molecule has 1 N–H and O–H groups in total. The molecule has 3 aromatic rings. The summed E-state index contributed by atoms with van der Waals surface area (Å²) < 4.78 is 32.9. The molecule has 24 heavy (non-hydrogen) atoms. The number of nitrogens with one attached hydrogen (secondary N) is 1. The fourth-order valence-corrected chi connectivity index (χ4v) is 2.25. The number of halogens is 3. The zero-order chi connectivity index (χ0) is 17.1. The molecule has 0 atom stereocenters. The topological polar surface area (TPSA) is 55.6 Å². The van der Waals surface area contributed by atoms with Crippen LogP contribution in [0, 0.1) is 11.6 Å². The average molecular weight is 352 g/mol. The maximum atomic E-state index is 13.4. The lowest BCUT2D eigenvalue weighted by Gasteiger charge is -2.07. The van der Waals surface area contributed by atoms with Gasteiger partial charge in [-0.3, -0.25) is 4.79 Å². The number of hydrogen-bond donors (Lipinski definition) is 1. The Morgan fingerprint density at radius 1 is 1.25 bits per heavy atom. The highest BCUT2D eigenvalue weighted by atomic mass is 35.5. The smallest absolute Gasteiger partial charge is 0.258 e. The van der Waals surface area contributed by atoms with Crippen molar-refractivity contribution in [3.8, 4) is 5.75 Å². The number of nitrogens with zero attached hydrogens (tertiary/aromatic N) is 2. The van der Waals surface area contributed by atoms with Crippen LogP contribution < -0.4 is 10.1 Å². The van der Waals surface area contributed by atoms with E-state index in [1.54, 1.807) is 28.9 Å². The molecule has 1 amide bonds. The molecule has 5 nitrogen and oxygen atoms in total. The Kier molecular flexibility index (Phi) is 4.61. The minimum absolute atomic E-state index is 0.186. The van der Waals surface area contributed by atoms with E-state index in [1.807, 2.05) is 0 Å². The van der Waals surface area contributed by atoms with Gasteiger partial charge >= 0.3 is 0 Å². The Morgan fingerprint density at radius 3 is 2.88 bits per heavy atom. The quantitative estimate of drug-likeness (QED) is 0.769. The number of imidazole rings is 1. The van der Waals surface area contributed by atoms with Gasteiger partial charge in [0.1, 0.15) is 11.5 Å². The third-order valence-corrected chi connectivity index (χ3v) is 3.41. The van der Waals surface area contributed by atoms with Gasteiger partial charge in [0.15, 0.2) is 18.2 Å². The summed E-state index contributed by atoms with van der Waals surface area (Å²) in [6.07, 6.45) is 3.44. The molecule has 2 heterocycles. The van der Waals surface area contributed by atoms with Gasteiger partial charge in [-0.1, -0.05) is 11.6 Å². The van der Waals surface area contributed by atoms with E-state index in [0.29, 0.717) is 22.4 Å². The molecule has 0 aliphatic rings. The molecule has 0 fully saturated rings. The fraction of sp³-hybridized carbons (Fsp3) is 0.125. The van der Waals surface area contributed by atoms with Crippen molar-refractivity contribution in [1.29, 1.82) is 0 Å². The average Bonchev–Trinajstić information content (AvgIpc) is 2.94. The van der Waals surface area contributed by atoms with Crippen LogP contribution in [0.4, 0.5) is 8.78 Å². The van der Waals surface area contributed by atoms with Crippen molar-refractivity contribution in [1.82, 2.24) is 14.7 Å². The predicted octanol–water partition coefficient (Wildman–Crippen LogP) is 2.96. The summed E-state index contributed by atoms with van der Waals surface area (Å²) in [4.78, 5) is 16.1. The highest BCUT2D eigenvalue weighted by molar-refractivity contribution is 6.30. The molecular formula is C16H12ClF2N3O2. The molecule has 2 aromatic heterocycles. The van der Waals surface area contributed by atoms with Crippen LogP contribution in [0.5, 0.6) is 5.75 Å². The summed E-state index contributed by atoms with van der Waals surface area (Å²) in [7, 11) is 0. The van der Waals surface area contributed by atoms with Gasteiger partial charge < -0.3 is 14.5 Å². The maximum absolute atomic E-state index is 13.4. The van der Waals surface area contributed by atoms with Crippen LogP contribution in [0.25, 0.3) is 5.65 Å². The molecule has 0 aliphatic heterocycles. The maximum Gasteiger partial charge on any atom is 0.258 e. The SMILES string of the molecule is O=C(COc1ccc(F)cc1F)NCc1cn2cc(Cl)ccc2n1. The molecule has 1 aromatic carbocycles. The van der Waals surface area contributed by atoms with Crippen LogP contribution in [0.15, 0.2) is 42.7 Å². The second-order valence-corrected chi connectivity index (χ2v) is 5.42. The van der Waals surface area contributed by atoms with Gasteiger partial charge in [0.2, 0.25) is 0 Å². The van der Waals surface area contributed by atoms with Crippen molar-refractivity contribution in [2.75, 3.05) is 6.61 Å². The first-order chi connectivity index (χ1) is 11.5. The first kappa shape index (κ1) is 16.2. The van der Waals surface area contributed by atoms with Gasteiger partial charge in [-0.15, -0.1) is 0 Å². The second-order valence-electron chi connectivity index (χ2n) is 4.99. The van der Waals surface area contributed by atoms with Gasteiger partial charge in [-0.2, -0.15) is 0 Å². The Morgan fingerprint density at radius 2 is 2.08 bits per heavy atom. The van der Waals surface area contributed by atoms with Crippen LogP contribution in [0.2, 0.25) is 5.02 Å². The highest BCUT2D eigenvalue weighted by Gasteiger charge is 2.09. The monoisotopic (exact) mass is 351 g/mol. The first-order valence-corrected chi connectivity index (χ1v) is 7.37. The lowest BCUT2D eigenvalue weighted by molar-refractivity contribution is -0.123. The van der Waals surface area contributed by atoms with Crippen molar-refractivity contribution >= 4 is 23.2 Å². The number of ether oxygens (including phenoxy) is 1. The number of amides is 1. The summed E-state index contributed by atoms with van der Waals surface area (Å²) in [6, 6.07) is 6.35. The lowest BCUT2D eigenvalue weighted by atomic mass is 10.3. The largest absolute Gasteiger partial charge is 0.481 e. The van der Waals surface area contributed by atoms with Crippen LogP contribution >= 0.6 is 11.6 Å². The van der Waals surface area contributed by atoms with Gasteiger partial charge in [0.25, 0.3) is 5.91 Å². The summed E-state index contributed by atoms with van der Waals surface area (Å²) in [6.45, 7) is -0.199. The molecule has 8 heteroatoms. The number of hydrogen-bond acceptors (Lipinski definition) is 3. The normalized spacial score (nSPS) is 10.8. The number of pyridine rings is 1. The molecule has 0 unspecified atom stereocenters. The highest BCUT2D eigenvalue weighted by Crippen LogP contribution is 2.17. The summed E-state index contributed by atoms with van der Waals surface area (Å²) in [5.74, 6) is -2.21. The zero-order valence-electron chi connectivity index (χ0n) is 12.3. The summed E-state index contributed by atoms with van der Waals surface area (Å²) in [5.41, 5.74) is 1.34. The van der Waals surface area contributed by atoms with E-state index in [2.05, 4.69) is 10.3 Å². The van der Waals surface area contributed by atoms with Gasteiger partial charge in [0, 0.05) is 18.5 Å². The predicted molar refractivity (Wildman–Crippen MR) is 83.9 cm³/mol. The van der Waals surface area contributed by atoms with Crippen molar-refractivity contribution < 1.29 is 18.3 Å². The molecule has 0 bridgehead atoms. The zero-order valence-corrected chi connectivity index (χ0v) is 13.1. The Bertz CT molecular complexity index is 898. The minimum Gasteiger partial charge on any atom is -0.481 e. The molecular weight excluding hydrogens is 340 g/mol. The van der Waals surface area contributed by atoms with Crippen LogP contribution in [0.1, 0.15) is 5.69 Å². The standard InChI is InChI=1S/C16H12ClF2N3O2/c17-10-1-4-15-21-12(8-22(15)7-10)6-20-16(23)9-24-14-3-2-11(18)5-13(14)19/h1-5,7-8H,6,9H2,(H,20,23). The van der Waals surface area contributed by atoms with E-state index < -0.39 is 17.5 Å². The number of fused-ring (bicyclic) bond motifs is 1. The first-order valence-electron chi connectivity index (χ1n) is 6.99. The van der Waals surface area contributed by atoms with Crippen LogP contribution in [-0.2, 0) is 11.3 Å². The second kappa shape index (κ2) is 6.84. The van der Waals surface area contributed by atoms with E-state index >= 15 is 0 Å².